The number of benzene rings is 12. The lowest BCUT2D eigenvalue weighted by atomic mass is 9.67. The Morgan fingerprint density at radius 2 is 0.765 bits per heavy atom. The highest BCUT2D eigenvalue weighted by molar-refractivity contribution is 6.22. The van der Waals surface area contributed by atoms with E-state index in [0.29, 0.717) is 0 Å². The third-order valence-electron chi connectivity index (χ3n) is 14.3. The first-order valence-corrected chi connectivity index (χ1v) is 23.6. The normalized spacial score (nSPS) is 12.5. The summed E-state index contributed by atoms with van der Waals surface area (Å²) >= 11 is 0. The Morgan fingerprint density at radius 3 is 1.47 bits per heavy atom. The third-order valence-corrected chi connectivity index (χ3v) is 14.3. The molecule has 0 fully saturated rings. The minimum atomic E-state index is -0.542. The van der Waals surface area contributed by atoms with Crippen molar-refractivity contribution < 1.29 is 0 Å². The molecule has 12 aromatic carbocycles. The van der Waals surface area contributed by atoms with Crippen LogP contribution < -0.4 is 4.90 Å². The summed E-state index contributed by atoms with van der Waals surface area (Å²) in [6, 6.07) is 101. The maximum atomic E-state index is 2.51. The maximum Gasteiger partial charge on any atom is 0.0714 e. The van der Waals surface area contributed by atoms with Crippen molar-refractivity contribution in [3.05, 3.63) is 295 Å². The van der Waals surface area contributed by atoms with Crippen LogP contribution in [0.4, 0.5) is 17.1 Å². The lowest BCUT2D eigenvalue weighted by molar-refractivity contribution is 0.768. The molecule has 1 nitrogen and oxygen atoms in total. The number of rotatable bonds is 8. The van der Waals surface area contributed by atoms with Gasteiger partial charge in [-0.15, -0.1) is 0 Å². The fraction of sp³-hybridized carbons (Fsp3) is 0.0149. The van der Waals surface area contributed by atoms with Crippen molar-refractivity contribution in [2.45, 2.75) is 5.41 Å². The van der Waals surface area contributed by atoms with Gasteiger partial charge >= 0.3 is 0 Å². The van der Waals surface area contributed by atoms with Gasteiger partial charge in [-0.05, 0) is 118 Å². The van der Waals surface area contributed by atoms with Crippen molar-refractivity contribution in [1.29, 1.82) is 0 Å². The van der Waals surface area contributed by atoms with E-state index in [0.717, 1.165) is 28.2 Å². The summed E-state index contributed by atoms with van der Waals surface area (Å²) in [5, 5.41) is 7.35. The summed E-state index contributed by atoms with van der Waals surface area (Å²) in [7, 11) is 0. The molecule has 318 valence electrons. The molecular formula is C67H45N. The fourth-order valence-electron chi connectivity index (χ4n) is 11.5. The van der Waals surface area contributed by atoms with Gasteiger partial charge in [0.1, 0.15) is 0 Å². The Balaban J connectivity index is 1.09. The first kappa shape index (κ1) is 39.6. The highest BCUT2D eigenvalue weighted by Crippen LogP contribution is 2.58. The van der Waals surface area contributed by atoms with Gasteiger partial charge in [-0.1, -0.05) is 243 Å². The van der Waals surface area contributed by atoms with Crippen molar-refractivity contribution in [2.24, 2.45) is 0 Å². The monoisotopic (exact) mass is 863 g/mol. The van der Waals surface area contributed by atoms with Crippen LogP contribution in [0.25, 0.3) is 76.8 Å². The summed E-state index contributed by atoms with van der Waals surface area (Å²) in [5.41, 5.74) is 17.6. The number of para-hydroxylation sites is 1. The van der Waals surface area contributed by atoms with Gasteiger partial charge in [-0.3, -0.25) is 0 Å². The average molecular weight is 864 g/mol. The molecule has 12 aromatic rings. The zero-order valence-electron chi connectivity index (χ0n) is 37.4. The molecule has 0 radical (unpaired) electrons. The van der Waals surface area contributed by atoms with Crippen LogP contribution >= 0.6 is 0 Å². The molecule has 0 bridgehead atoms. The van der Waals surface area contributed by atoms with Crippen molar-refractivity contribution >= 4 is 49.4 Å². The van der Waals surface area contributed by atoms with Gasteiger partial charge < -0.3 is 4.90 Å². The molecule has 0 heterocycles. The zero-order valence-corrected chi connectivity index (χ0v) is 37.4. The summed E-state index contributed by atoms with van der Waals surface area (Å²) in [5.74, 6) is 0. The van der Waals surface area contributed by atoms with E-state index in [9.17, 15) is 0 Å². The van der Waals surface area contributed by atoms with E-state index in [1.807, 2.05) is 0 Å². The van der Waals surface area contributed by atoms with Crippen molar-refractivity contribution in [2.75, 3.05) is 4.90 Å². The molecule has 1 aliphatic rings. The van der Waals surface area contributed by atoms with Crippen LogP contribution in [0.3, 0.4) is 0 Å². The highest BCUT2D eigenvalue weighted by atomic mass is 15.1. The van der Waals surface area contributed by atoms with E-state index in [2.05, 4.69) is 278 Å². The maximum absolute atomic E-state index is 2.51. The van der Waals surface area contributed by atoms with Gasteiger partial charge in [0.2, 0.25) is 0 Å². The molecule has 1 heteroatoms. The van der Waals surface area contributed by atoms with Gasteiger partial charge in [0.05, 0.1) is 16.8 Å². The molecule has 1 aliphatic carbocycles. The van der Waals surface area contributed by atoms with E-state index in [-0.39, 0.29) is 0 Å². The predicted octanol–water partition coefficient (Wildman–Crippen LogP) is 18.0. The summed E-state index contributed by atoms with van der Waals surface area (Å²) < 4.78 is 0. The van der Waals surface area contributed by atoms with Gasteiger partial charge in [-0.25, -0.2) is 0 Å². The van der Waals surface area contributed by atoms with Gasteiger partial charge in [-0.2, -0.15) is 0 Å². The Hall–Kier alpha value is -8.78. The third kappa shape index (κ3) is 6.17. The number of hydrogen-bond donors (Lipinski definition) is 0. The Bertz CT molecular complexity index is 3790. The van der Waals surface area contributed by atoms with Crippen LogP contribution in [0.5, 0.6) is 0 Å². The van der Waals surface area contributed by atoms with E-state index in [1.54, 1.807) is 0 Å². The lowest BCUT2D eigenvalue weighted by Gasteiger charge is -2.35. The van der Waals surface area contributed by atoms with Crippen molar-refractivity contribution in [3.8, 4) is 44.5 Å². The predicted molar refractivity (Wildman–Crippen MR) is 287 cm³/mol. The molecule has 0 aromatic heterocycles. The number of nitrogens with zero attached hydrogens (tertiary/aromatic N) is 1. The number of hydrogen-bond acceptors (Lipinski definition) is 1. The Kier molecular flexibility index (Phi) is 9.47. The number of anilines is 3. The first-order chi connectivity index (χ1) is 33.8. The van der Waals surface area contributed by atoms with Gasteiger partial charge in [0.15, 0.2) is 0 Å². The molecular weight excluding hydrogens is 819 g/mol. The SMILES string of the molecule is c1ccc(-c2c(-c3ccccc3)c3cc(-c4ccccc4N(c4ccc5c(c4)C(c4ccccc4)(c4ccccc4)c4ccccc4-5)c4cccc5ccccc45)ccc3c3ccccc23)cc1. The van der Waals surface area contributed by atoms with E-state index >= 15 is 0 Å². The largest absolute Gasteiger partial charge is 0.309 e. The van der Waals surface area contributed by atoms with E-state index < -0.39 is 5.41 Å². The second kappa shape index (κ2) is 16.3. The van der Waals surface area contributed by atoms with Crippen LogP contribution in [-0.2, 0) is 5.41 Å². The lowest BCUT2D eigenvalue weighted by Crippen LogP contribution is -2.28. The minimum absolute atomic E-state index is 0.542. The standard InChI is InChI=1S/C67H45N/c1-5-23-47(24-6-1)65-59-36-16-15-34-55(59)56-42-40-49(44-60(56)66(65)48-25-7-2-8-26-48)54-33-18-20-38-63(54)68(64-39-21-27-46-22-13-14-32-53(46)64)52-41-43-58-57-35-17-19-37-61(57)67(62(58)45-52,50-28-9-3-10-29-50)51-30-11-4-12-31-51/h1-45H. The van der Waals surface area contributed by atoms with Crippen molar-refractivity contribution in [1.82, 2.24) is 0 Å². The molecule has 0 saturated carbocycles. The first-order valence-electron chi connectivity index (χ1n) is 23.6. The molecule has 13 rings (SSSR count). The second-order valence-electron chi connectivity index (χ2n) is 17.9. The molecule has 0 atom stereocenters. The molecule has 0 spiro atoms. The quantitative estimate of drug-likeness (QED) is 0.138. The smallest absolute Gasteiger partial charge is 0.0714 e. The topological polar surface area (TPSA) is 3.24 Å². The second-order valence-corrected chi connectivity index (χ2v) is 17.9. The van der Waals surface area contributed by atoms with Gasteiger partial charge in [0, 0.05) is 16.6 Å². The van der Waals surface area contributed by atoms with Crippen LogP contribution in [0.1, 0.15) is 22.3 Å². The molecule has 0 aliphatic heterocycles. The van der Waals surface area contributed by atoms with Crippen LogP contribution in [0.15, 0.2) is 273 Å². The average Bonchev–Trinajstić information content (AvgIpc) is 3.72. The van der Waals surface area contributed by atoms with Crippen LogP contribution in [0.2, 0.25) is 0 Å². The van der Waals surface area contributed by atoms with Crippen LogP contribution in [0, 0.1) is 0 Å². The Labute approximate surface area is 397 Å². The minimum Gasteiger partial charge on any atom is -0.309 e. The summed E-state index contributed by atoms with van der Waals surface area (Å²) in [4.78, 5) is 2.51. The molecule has 0 amide bonds. The fourth-order valence-corrected chi connectivity index (χ4v) is 11.5. The zero-order chi connectivity index (χ0) is 45.0. The van der Waals surface area contributed by atoms with E-state index in [4.69, 9.17) is 0 Å². The molecule has 0 saturated heterocycles. The molecule has 0 unspecified atom stereocenters. The summed E-state index contributed by atoms with van der Waals surface area (Å²) in [6.45, 7) is 0. The summed E-state index contributed by atoms with van der Waals surface area (Å²) in [6.07, 6.45) is 0. The molecule has 0 N–H and O–H groups in total. The Morgan fingerprint density at radius 1 is 0.265 bits per heavy atom. The number of fused-ring (bicyclic) bond motifs is 7. The van der Waals surface area contributed by atoms with Crippen molar-refractivity contribution in [3.63, 3.8) is 0 Å². The van der Waals surface area contributed by atoms with Gasteiger partial charge in [0.25, 0.3) is 0 Å². The highest BCUT2D eigenvalue weighted by Gasteiger charge is 2.46. The van der Waals surface area contributed by atoms with Crippen LogP contribution in [-0.4, -0.2) is 0 Å². The molecule has 68 heavy (non-hydrogen) atoms. The van der Waals surface area contributed by atoms with E-state index in [1.165, 1.54) is 88.0 Å².